The summed E-state index contributed by atoms with van der Waals surface area (Å²) in [6.45, 7) is 0. The second kappa shape index (κ2) is 4.08. The Morgan fingerprint density at radius 1 is 1.07 bits per heavy atom. The van der Waals surface area contributed by atoms with E-state index in [9.17, 15) is 4.79 Å². The van der Waals surface area contributed by atoms with E-state index in [0.29, 0.717) is 5.56 Å². The fraction of sp³-hybridized carbons (Fsp3) is 0. The molecule has 2 aromatic carbocycles. The summed E-state index contributed by atoms with van der Waals surface area (Å²) >= 11 is 0.242. The van der Waals surface area contributed by atoms with Gasteiger partial charge in [-0.15, -0.1) is 0 Å². The average molecular weight is 376 g/mol. The van der Waals surface area contributed by atoms with Crippen LogP contribution >= 0.6 is 0 Å². The molecule has 0 atom stereocenters. The van der Waals surface area contributed by atoms with Gasteiger partial charge in [-0.1, -0.05) is 0 Å². The van der Waals surface area contributed by atoms with E-state index in [1.54, 1.807) is 6.07 Å². The second-order valence-corrected chi connectivity index (χ2v) is 3.85. The van der Waals surface area contributed by atoms with E-state index in [1.165, 1.54) is 0 Å². The van der Waals surface area contributed by atoms with Gasteiger partial charge in [-0.2, -0.15) is 0 Å². The Kier molecular flexibility index (Phi) is 2.81. The Bertz CT molecular complexity index is 474. The van der Waals surface area contributed by atoms with Crippen molar-refractivity contribution >= 4 is 43.0 Å². The number of carbonyl (C=O) groups is 1. The van der Waals surface area contributed by atoms with Gasteiger partial charge in [0.15, 0.2) is 0 Å². The van der Waals surface area contributed by atoms with E-state index < -0.39 is 0 Å². The van der Waals surface area contributed by atoms with Gasteiger partial charge >= 0.3 is 98.5 Å². The Balaban J connectivity index is 2.71. The van der Waals surface area contributed by atoms with Crippen molar-refractivity contribution in [2.24, 2.45) is 0 Å². The first-order valence-corrected chi connectivity index (χ1v) is 6.05. The van der Waals surface area contributed by atoms with Gasteiger partial charge in [0, 0.05) is 0 Å². The molecular weight excluding hydrogens is 369 g/mol. The second-order valence-electron chi connectivity index (χ2n) is 2.93. The van der Waals surface area contributed by atoms with Gasteiger partial charge < -0.3 is 0 Å². The molecule has 0 saturated heterocycles. The number of carbonyl (C=O) groups excluding carboxylic acids is 1. The zero-order valence-electron chi connectivity index (χ0n) is 7.44. The minimum atomic E-state index is -0.216. The van der Waals surface area contributed by atoms with E-state index in [4.69, 9.17) is 2.69 Å². The molecule has 0 N–H and O–H groups in total. The van der Waals surface area contributed by atoms with Gasteiger partial charge in [-0.3, -0.25) is 0 Å². The SMILES string of the molecule is O=C([O][Tl])c1cccc2ccccc12. The molecule has 3 heteroatoms. The normalized spacial score (nSPS) is 9.93. The predicted octanol–water partition coefficient (Wildman–Crippen LogP) is 2.08. The van der Waals surface area contributed by atoms with Crippen LogP contribution in [0.5, 0.6) is 0 Å². The Morgan fingerprint density at radius 2 is 1.79 bits per heavy atom. The molecule has 2 aromatic rings. The van der Waals surface area contributed by atoms with Gasteiger partial charge in [0.1, 0.15) is 0 Å². The summed E-state index contributed by atoms with van der Waals surface area (Å²) in [5.41, 5.74) is 0.658. The molecule has 0 amide bonds. The first kappa shape index (κ1) is 9.64. The molecule has 2 rings (SSSR count). The number of hydrogen-bond donors (Lipinski definition) is 0. The van der Waals surface area contributed by atoms with Crippen LogP contribution in [0.1, 0.15) is 10.4 Å². The molecule has 0 bridgehead atoms. The number of fused-ring (bicyclic) bond motifs is 1. The molecule has 2 nitrogen and oxygen atoms in total. The van der Waals surface area contributed by atoms with Crippen LogP contribution in [0.25, 0.3) is 10.8 Å². The van der Waals surface area contributed by atoms with Crippen LogP contribution in [0.3, 0.4) is 0 Å². The third-order valence-electron chi connectivity index (χ3n) is 2.12. The molecule has 0 fully saturated rings. The van der Waals surface area contributed by atoms with E-state index in [0.717, 1.165) is 10.8 Å². The summed E-state index contributed by atoms with van der Waals surface area (Å²) in [6, 6.07) is 13.5. The predicted molar refractivity (Wildman–Crippen MR) is 55.1 cm³/mol. The van der Waals surface area contributed by atoms with Crippen molar-refractivity contribution in [3.05, 3.63) is 48.0 Å². The summed E-state index contributed by atoms with van der Waals surface area (Å²) in [7, 11) is 0. The van der Waals surface area contributed by atoms with Gasteiger partial charge in [0.05, 0.1) is 0 Å². The first-order valence-electron chi connectivity index (χ1n) is 4.22. The van der Waals surface area contributed by atoms with E-state index >= 15 is 0 Å². The van der Waals surface area contributed by atoms with Gasteiger partial charge in [-0.25, -0.2) is 0 Å². The molecule has 66 valence electrons. The van der Waals surface area contributed by atoms with Crippen LogP contribution in [-0.4, -0.2) is 32.2 Å². The van der Waals surface area contributed by atoms with Gasteiger partial charge in [0.25, 0.3) is 0 Å². The van der Waals surface area contributed by atoms with Crippen LogP contribution in [0.15, 0.2) is 42.5 Å². The third-order valence-corrected chi connectivity index (χ3v) is 2.95. The summed E-state index contributed by atoms with van der Waals surface area (Å²) in [4.78, 5) is 11.4. The number of hydrogen-bond acceptors (Lipinski definition) is 2. The van der Waals surface area contributed by atoms with Crippen LogP contribution < -0.4 is 0 Å². The maximum absolute atomic E-state index is 11.4. The molecule has 0 unspecified atom stereocenters. The molecular formula is C11H7O2Tl. The van der Waals surface area contributed by atoms with E-state index in [2.05, 4.69) is 0 Å². The third kappa shape index (κ3) is 1.66. The quantitative estimate of drug-likeness (QED) is 0.714. The van der Waals surface area contributed by atoms with E-state index in [1.807, 2.05) is 36.4 Å². The van der Waals surface area contributed by atoms with E-state index in [-0.39, 0.29) is 32.2 Å². The van der Waals surface area contributed by atoms with Gasteiger partial charge in [0.2, 0.25) is 0 Å². The fourth-order valence-corrected chi connectivity index (χ4v) is 1.96. The zero-order chi connectivity index (χ0) is 9.97. The topological polar surface area (TPSA) is 26.3 Å². The van der Waals surface area contributed by atoms with Crippen LogP contribution in [0.4, 0.5) is 0 Å². The minimum absolute atomic E-state index is 0.216. The molecule has 0 aromatic heterocycles. The monoisotopic (exact) mass is 376 g/mol. The van der Waals surface area contributed by atoms with Crippen molar-refractivity contribution in [3.8, 4) is 0 Å². The summed E-state index contributed by atoms with van der Waals surface area (Å²) in [5.74, 6) is -0.216. The molecule has 14 heavy (non-hydrogen) atoms. The summed E-state index contributed by atoms with van der Waals surface area (Å²) < 4.78 is 4.87. The van der Waals surface area contributed by atoms with Crippen molar-refractivity contribution in [1.82, 2.24) is 0 Å². The molecule has 0 heterocycles. The Labute approximate surface area is 98.2 Å². The molecule has 0 spiro atoms. The fourth-order valence-electron chi connectivity index (χ4n) is 1.47. The average Bonchev–Trinajstić information content (AvgIpc) is 2.27. The number of rotatable bonds is 1. The molecule has 0 aliphatic heterocycles. The summed E-state index contributed by atoms with van der Waals surface area (Å²) in [5, 5.41) is 2.03. The first-order chi connectivity index (χ1) is 6.83. The zero-order valence-corrected chi connectivity index (χ0v) is 11.9. The van der Waals surface area contributed by atoms with Gasteiger partial charge in [-0.05, 0) is 0 Å². The van der Waals surface area contributed by atoms with Crippen LogP contribution in [-0.2, 0) is 2.69 Å². The van der Waals surface area contributed by atoms with Crippen molar-refractivity contribution in [2.45, 2.75) is 0 Å². The van der Waals surface area contributed by atoms with Crippen molar-refractivity contribution in [2.75, 3.05) is 0 Å². The van der Waals surface area contributed by atoms with Crippen molar-refractivity contribution in [3.63, 3.8) is 0 Å². The molecule has 0 saturated carbocycles. The standard InChI is InChI=1S/C11H8O2.Tl/c12-11(13)10-7-3-5-8-4-1-2-6-9(8)10;/h1-7H,(H,12,13);/q;+1/p-1. The van der Waals surface area contributed by atoms with Crippen LogP contribution in [0, 0.1) is 0 Å². The Morgan fingerprint density at radius 3 is 2.57 bits per heavy atom. The summed E-state index contributed by atoms with van der Waals surface area (Å²) in [6.07, 6.45) is 0. The van der Waals surface area contributed by atoms with Crippen molar-refractivity contribution in [1.29, 1.82) is 0 Å². The Hall–Kier alpha value is -0.908. The molecule has 0 radical (unpaired) electrons. The van der Waals surface area contributed by atoms with Crippen molar-refractivity contribution < 1.29 is 7.48 Å². The number of benzene rings is 2. The van der Waals surface area contributed by atoms with Crippen LogP contribution in [0.2, 0.25) is 0 Å². The maximum atomic E-state index is 11.4. The molecule has 0 aliphatic carbocycles. The molecule has 0 aliphatic rings.